The number of amides is 1. The predicted molar refractivity (Wildman–Crippen MR) is 159 cm³/mol. The quantitative estimate of drug-likeness (QED) is 0.266. The Balaban J connectivity index is 1.24. The fourth-order valence-electron chi connectivity index (χ4n) is 9.40. The van der Waals surface area contributed by atoms with Gasteiger partial charge in [0, 0.05) is 48.9 Å². The molecule has 216 valence electrons. The summed E-state index contributed by atoms with van der Waals surface area (Å²) in [7, 11) is 0. The minimum Gasteiger partial charge on any atom is -0.458 e. The van der Waals surface area contributed by atoms with Crippen LogP contribution in [0, 0.1) is 34.5 Å². The van der Waals surface area contributed by atoms with Gasteiger partial charge in [0.25, 0.3) is 0 Å². The Bertz CT molecular complexity index is 1030. The van der Waals surface area contributed by atoms with Gasteiger partial charge >= 0.3 is 5.97 Å². The number of fused-ring (bicyclic) bond motifs is 5. The number of rotatable bonds is 8. The molecule has 39 heavy (non-hydrogen) atoms. The Morgan fingerprint density at radius 2 is 1.59 bits per heavy atom. The zero-order chi connectivity index (χ0) is 27.8. The van der Waals surface area contributed by atoms with Gasteiger partial charge in [-0.3, -0.25) is 4.79 Å². The molecular weight excluding hydrogens is 531 g/mol. The number of hydrogen-bond donors (Lipinski definition) is 1. The summed E-state index contributed by atoms with van der Waals surface area (Å²) in [5.41, 5.74) is 2.07. The van der Waals surface area contributed by atoms with Crippen LogP contribution in [0.4, 0.5) is 5.69 Å². The van der Waals surface area contributed by atoms with Crippen molar-refractivity contribution in [3.05, 3.63) is 29.8 Å². The maximum absolute atomic E-state index is 13.3. The highest BCUT2D eigenvalue weighted by Gasteiger charge is 2.61. The van der Waals surface area contributed by atoms with Gasteiger partial charge in [-0.15, -0.1) is 23.2 Å². The van der Waals surface area contributed by atoms with E-state index >= 15 is 0 Å². The third-order valence-electron chi connectivity index (χ3n) is 11.4. The molecule has 1 N–H and O–H groups in total. The Hall–Kier alpha value is -1.46. The van der Waals surface area contributed by atoms with Crippen LogP contribution in [0.1, 0.15) is 88.9 Å². The van der Waals surface area contributed by atoms with Gasteiger partial charge in [-0.1, -0.05) is 13.8 Å². The number of halogens is 2. The molecule has 0 radical (unpaired) electrons. The minimum atomic E-state index is -0.205. The molecule has 0 heterocycles. The van der Waals surface area contributed by atoms with Crippen molar-refractivity contribution in [1.29, 1.82) is 0 Å². The lowest BCUT2D eigenvalue weighted by Gasteiger charge is -2.61. The molecule has 4 aliphatic rings. The van der Waals surface area contributed by atoms with E-state index in [-0.39, 0.29) is 23.4 Å². The van der Waals surface area contributed by atoms with Crippen molar-refractivity contribution in [2.24, 2.45) is 34.5 Å². The lowest BCUT2D eigenvalue weighted by atomic mass is 9.45. The number of alkyl halides is 2. The molecule has 0 bridgehead atoms. The first-order chi connectivity index (χ1) is 18.7. The molecule has 0 aliphatic heterocycles. The van der Waals surface area contributed by atoms with Gasteiger partial charge in [-0.25, -0.2) is 4.79 Å². The van der Waals surface area contributed by atoms with Crippen LogP contribution in [0.25, 0.3) is 0 Å². The molecule has 4 saturated carbocycles. The largest absolute Gasteiger partial charge is 0.458 e. The number of nitrogens with one attached hydrogen (secondary N) is 1. The summed E-state index contributed by atoms with van der Waals surface area (Å²) in [6, 6.07) is 8.04. The number of esters is 1. The summed E-state index contributed by atoms with van der Waals surface area (Å²) in [6.45, 7) is 8.04. The molecule has 5 rings (SSSR count). The highest BCUT2D eigenvalue weighted by atomic mass is 35.5. The molecule has 1 aromatic rings. The Morgan fingerprint density at radius 1 is 0.923 bits per heavy atom. The maximum Gasteiger partial charge on any atom is 0.338 e. The molecule has 0 spiro atoms. The lowest BCUT2D eigenvalue weighted by Crippen LogP contribution is -2.56. The van der Waals surface area contributed by atoms with Crippen LogP contribution in [-0.4, -0.2) is 48.9 Å². The van der Waals surface area contributed by atoms with Crippen LogP contribution < -0.4 is 10.2 Å². The second-order valence-corrected chi connectivity index (χ2v) is 14.0. The number of hydrogen-bond acceptors (Lipinski definition) is 4. The standard InChI is InChI=1S/C32H46Cl2N2O3/c1-21(37)35-24-12-14-31(2)23(20-24)6-9-26-27-10-11-29(32(27,3)15-13-28(26)31)39-30(38)22-4-7-25(8-5-22)36(18-16-33)19-17-34/h4-5,7-8,23-24,26-29H,6,9-20H2,1-3H3,(H,35,37)/t23-,24-,26-,27-,28-,29-,31-,32-/m0/s1. The molecule has 4 fully saturated rings. The normalized spacial score (nSPS) is 37.3. The highest BCUT2D eigenvalue weighted by Crippen LogP contribution is 2.66. The maximum atomic E-state index is 13.3. The smallest absolute Gasteiger partial charge is 0.338 e. The molecule has 1 amide bonds. The molecule has 5 nitrogen and oxygen atoms in total. The Labute approximate surface area is 244 Å². The molecular formula is C32H46Cl2N2O3. The van der Waals surface area contributed by atoms with E-state index in [9.17, 15) is 9.59 Å². The van der Waals surface area contributed by atoms with Gasteiger partial charge in [0.05, 0.1) is 5.56 Å². The van der Waals surface area contributed by atoms with E-state index in [4.69, 9.17) is 27.9 Å². The van der Waals surface area contributed by atoms with Crippen molar-refractivity contribution in [3.8, 4) is 0 Å². The van der Waals surface area contributed by atoms with E-state index in [2.05, 4.69) is 24.1 Å². The highest BCUT2D eigenvalue weighted by molar-refractivity contribution is 6.18. The number of ether oxygens (including phenoxy) is 1. The van der Waals surface area contributed by atoms with Crippen LogP contribution in [0.3, 0.4) is 0 Å². The van der Waals surface area contributed by atoms with Crippen LogP contribution in [-0.2, 0) is 9.53 Å². The molecule has 0 saturated heterocycles. The molecule has 0 aromatic heterocycles. The zero-order valence-corrected chi connectivity index (χ0v) is 25.4. The third-order valence-corrected chi connectivity index (χ3v) is 11.8. The van der Waals surface area contributed by atoms with Crippen molar-refractivity contribution >= 4 is 40.8 Å². The second kappa shape index (κ2) is 11.8. The van der Waals surface area contributed by atoms with Crippen molar-refractivity contribution in [1.82, 2.24) is 5.32 Å². The summed E-state index contributed by atoms with van der Waals surface area (Å²) in [5, 5.41) is 3.20. The zero-order valence-electron chi connectivity index (χ0n) is 23.9. The van der Waals surface area contributed by atoms with Gasteiger partial charge in [0.1, 0.15) is 6.10 Å². The summed E-state index contributed by atoms with van der Waals surface area (Å²) >= 11 is 11.9. The minimum absolute atomic E-state index is 0.0133. The van der Waals surface area contributed by atoms with Crippen LogP contribution in [0.5, 0.6) is 0 Å². The Kier molecular flexibility index (Phi) is 8.79. The molecule has 1 aromatic carbocycles. The van der Waals surface area contributed by atoms with Crippen molar-refractivity contribution in [3.63, 3.8) is 0 Å². The van der Waals surface area contributed by atoms with Crippen LogP contribution >= 0.6 is 23.2 Å². The number of nitrogens with zero attached hydrogens (tertiary/aromatic N) is 1. The van der Waals surface area contributed by atoms with Gasteiger partial charge < -0.3 is 15.0 Å². The van der Waals surface area contributed by atoms with E-state index in [1.807, 2.05) is 24.3 Å². The lowest BCUT2D eigenvalue weighted by molar-refractivity contribution is -0.129. The predicted octanol–water partition coefficient (Wildman–Crippen LogP) is 7.04. The number of carbonyl (C=O) groups excluding carboxylic acids is 2. The van der Waals surface area contributed by atoms with E-state index in [0.717, 1.165) is 62.7 Å². The molecule has 8 atom stereocenters. The monoisotopic (exact) mass is 576 g/mol. The molecule has 4 aliphatic carbocycles. The van der Waals surface area contributed by atoms with Crippen LogP contribution in [0.2, 0.25) is 0 Å². The number of anilines is 1. The van der Waals surface area contributed by atoms with Gasteiger partial charge in [-0.05, 0) is 111 Å². The Morgan fingerprint density at radius 3 is 2.26 bits per heavy atom. The van der Waals surface area contributed by atoms with Gasteiger partial charge in [0.15, 0.2) is 0 Å². The molecule has 0 unspecified atom stereocenters. The number of carbonyl (C=O) groups is 2. The first-order valence-electron chi connectivity index (χ1n) is 15.1. The van der Waals surface area contributed by atoms with E-state index < -0.39 is 0 Å². The average molecular weight is 578 g/mol. The fourth-order valence-corrected chi connectivity index (χ4v) is 9.81. The topological polar surface area (TPSA) is 58.6 Å². The summed E-state index contributed by atoms with van der Waals surface area (Å²) in [5.74, 6) is 3.76. The summed E-state index contributed by atoms with van der Waals surface area (Å²) < 4.78 is 6.29. The van der Waals surface area contributed by atoms with E-state index in [0.29, 0.717) is 40.6 Å². The van der Waals surface area contributed by atoms with Crippen LogP contribution in [0.15, 0.2) is 24.3 Å². The summed E-state index contributed by atoms with van der Waals surface area (Å²) in [4.78, 5) is 27.1. The fraction of sp³-hybridized carbons (Fsp3) is 0.750. The van der Waals surface area contributed by atoms with Crippen molar-refractivity contribution < 1.29 is 14.3 Å². The first-order valence-corrected chi connectivity index (χ1v) is 16.2. The van der Waals surface area contributed by atoms with Crippen molar-refractivity contribution in [2.45, 2.75) is 90.7 Å². The van der Waals surface area contributed by atoms with Gasteiger partial charge in [-0.2, -0.15) is 0 Å². The molecule has 7 heteroatoms. The third kappa shape index (κ3) is 5.56. The average Bonchev–Trinajstić information content (AvgIpc) is 3.24. The SMILES string of the molecule is CC(=O)N[C@H]1CC[C@@]2(C)[C@@H](CC[C@@H]3[C@@H]2CC[C@]2(C)[C@@H](OC(=O)c4ccc(N(CCCl)CCCl)cc4)CC[C@@H]32)C1. The first kappa shape index (κ1) is 29.0. The summed E-state index contributed by atoms with van der Waals surface area (Å²) in [6.07, 6.45) is 10.5. The van der Waals surface area contributed by atoms with E-state index in [1.54, 1.807) is 6.92 Å². The second-order valence-electron chi connectivity index (χ2n) is 13.3. The van der Waals surface area contributed by atoms with Crippen molar-refractivity contribution in [2.75, 3.05) is 29.7 Å². The van der Waals surface area contributed by atoms with E-state index in [1.165, 1.54) is 25.7 Å². The van der Waals surface area contributed by atoms with Gasteiger partial charge in [0.2, 0.25) is 5.91 Å². The number of benzene rings is 1.